The molecule has 0 aliphatic heterocycles. The van der Waals surface area contributed by atoms with Gasteiger partial charge in [-0.1, -0.05) is 25.1 Å². The van der Waals surface area contributed by atoms with E-state index in [0.29, 0.717) is 0 Å². The molecule has 0 aliphatic carbocycles. The minimum atomic E-state index is -0.140. The van der Waals surface area contributed by atoms with Gasteiger partial charge in [-0.15, -0.1) is 0 Å². The molecule has 0 aliphatic rings. The van der Waals surface area contributed by atoms with Crippen molar-refractivity contribution < 1.29 is 0 Å². The fourth-order valence-corrected chi connectivity index (χ4v) is 2.62. The molecule has 3 aromatic rings. The molecule has 3 rings (SSSR count). The first-order valence-corrected chi connectivity index (χ1v) is 6.82. The topological polar surface area (TPSA) is 51.8 Å². The van der Waals surface area contributed by atoms with E-state index in [4.69, 9.17) is 5.73 Å². The Bertz CT molecular complexity index is 732. The van der Waals surface area contributed by atoms with E-state index in [1.807, 2.05) is 36.8 Å². The molecule has 0 bridgehead atoms. The summed E-state index contributed by atoms with van der Waals surface area (Å²) in [4.78, 5) is 8.36. The maximum absolute atomic E-state index is 6.51. The van der Waals surface area contributed by atoms with Gasteiger partial charge in [-0.3, -0.25) is 9.97 Å². The third-order valence-corrected chi connectivity index (χ3v) is 3.71. The normalized spacial score (nSPS) is 12.5. The maximum Gasteiger partial charge on any atom is 0.0561 e. The molecule has 1 aromatic carbocycles. The van der Waals surface area contributed by atoms with Crippen LogP contribution in [-0.2, 0) is 6.42 Å². The van der Waals surface area contributed by atoms with Gasteiger partial charge in [0.2, 0.25) is 0 Å². The highest BCUT2D eigenvalue weighted by atomic mass is 14.7. The van der Waals surface area contributed by atoms with Crippen molar-refractivity contribution in [2.45, 2.75) is 19.4 Å². The third kappa shape index (κ3) is 2.17. The minimum Gasteiger partial charge on any atom is -0.320 e. The molecule has 0 saturated carbocycles. The van der Waals surface area contributed by atoms with Crippen molar-refractivity contribution in [3.63, 3.8) is 0 Å². The summed E-state index contributed by atoms with van der Waals surface area (Å²) >= 11 is 0. The predicted octanol–water partition coefficient (Wildman–Crippen LogP) is 3.24. The van der Waals surface area contributed by atoms with E-state index in [9.17, 15) is 0 Å². The molecule has 2 heterocycles. The van der Waals surface area contributed by atoms with Crippen LogP contribution in [0.3, 0.4) is 0 Å². The standard InChI is InChI=1S/C17H17N3/c1-2-12-10-19-9-7-15(12)17(18)16-5-3-4-13-11-20-8-6-14(13)16/h3-11,17H,2,18H2,1H3. The van der Waals surface area contributed by atoms with Crippen LogP contribution in [0.2, 0.25) is 0 Å². The zero-order chi connectivity index (χ0) is 13.9. The van der Waals surface area contributed by atoms with E-state index >= 15 is 0 Å². The number of pyridine rings is 2. The van der Waals surface area contributed by atoms with Crippen LogP contribution < -0.4 is 5.73 Å². The van der Waals surface area contributed by atoms with Crippen LogP contribution in [0, 0.1) is 0 Å². The number of nitrogens with zero attached hydrogens (tertiary/aromatic N) is 2. The second-order valence-electron chi connectivity index (χ2n) is 4.85. The van der Waals surface area contributed by atoms with Crippen LogP contribution in [0.5, 0.6) is 0 Å². The maximum atomic E-state index is 6.51. The second-order valence-corrected chi connectivity index (χ2v) is 4.85. The van der Waals surface area contributed by atoms with E-state index in [1.165, 1.54) is 5.56 Å². The third-order valence-electron chi connectivity index (χ3n) is 3.71. The Balaban J connectivity index is 2.15. The van der Waals surface area contributed by atoms with Crippen molar-refractivity contribution in [1.82, 2.24) is 9.97 Å². The van der Waals surface area contributed by atoms with Crippen molar-refractivity contribution in [2.75, 3.05) is 0 Å². The Morgan fingerprint density at radius 2 is 1.80 bits per heavy atom. The lowest BCUT2D eigenvalue weighted by Gasteiger charge is -2.17. The average molecular weight is 263 g/mol. The average Bonchev–Trinajstić information content (AvgIpc) is 2.53. The summed E-state index contributed by atoms with van der Waals surface area (Å²) in [6.45, 7) is 2.13. The van der Waals surface area contributed by atoms with E-state index < -0.39 is 0 Å². The Hall–Kier alpha value is -2.26. The number of aryl methyl sites for hydroxylation is 1. The molecular formula is C17H17N3. The van der Waals surface area contributed by atoms with Crippen LogP contribution in [0.15, 0.2) is 55.1 Å². The van der Waals surface area contributed by atoms with Gasteiger partial charge in [-0.2, -0.15) is 0 Å². The smallest absolute Gasteiger partial charge is 0.0561 e. The first-order chi connectivity index (χ1) is 9.81. The SMILES string of the molecule is CCc1cnccc1C(N)c1cccc2cnccc12. The first-order valence-electron chi connectivity index (χ1n) is 6.82. The van der Waals surface area contributed by atoms with E-state index in [0.717, 1.165) is 28.3 Å². The molecule has 1 atom stereocenters. The summed E-state index contributed by atoms with van der Waals surface area (Å²) in [5, 5.41) is 2.28. The summed E-state index contributed by atoms with van der Waals surface area (Å²) in [7, 11) is 0. The monoisotopic (exact) mass is 263 g/mol. The molecule has 3 heteroatoms. The van der Waals surface area contributed by atoms with Gasteiger partial charge < -0.3 is 5.73 Å². The van der Waals surface area contributed by atoms with Crippen molar-refractivity contribution in [1.29, 1.82) is 0 Å². The van der Waals surface area contributed by atoms with Crippen molar-refractivity contribution in [3.8, 4) is 0 Å². The highest BCUT2D eigenvalue weighted by Crippen LogP contribution is 2.28. The van der Waals surface area contributed by atoms with Crippen molar-refractivity contribution in [3.05, 3.63) is 71.8 Å². The van der Waals surface area contributed by atoms with Gasteiger partial charge >= 0.3 is 0 Å². The molecule has 0 fully saturated rings. The summed E-state index contributed by atoms with van der Waals surface area (Å²) in [6, 6.07) is 10.1. The number of hydrogen-bond acceptors (Lipinski definition) is 3. The molecule has 0 amide bonds. The van der Waals surface area contributed by atoms with Gasteiger partial charge in [0.05, 0.1) is 6.04 Å². The second kappa shape index (κ2) is 5.39. The zero-order valence-electron chi connectivity index (χ0n) is 11.5. The molecule has 0 spiro atoms. The first kappa shape index (κ1) is 12.8. The molecule has 2 aromatic heterocycles. The van der Waals surface area contributed by atoms with Crippen LogP contribution in [0.25, 0.3) is 10.8 Å². The van der Waals surface area contributed by atoms with E-state index in [1.54, 1.807) is 6.20 Å². The Kier molecular flexibility index (Phi) is 3.44. The summed E-state index contributed by atoms with van der Waals surface area (Å²) in [5.41, 5.74) is 9.99. The highest BCUT2D eigenvalue weighted by molar-refractivity contribution is 5.85. The number of hydrogen-bond donors (Lipinski definition) is 1. The van der Waals surface area contributed by atoms with Gasteiger partial charge in [-0.05, 0) is 40.6 Å². The number of rotatable bonds is 3. The fraction of sp³-hybridized carbons (Fsp3) is 0.176. The zero-order valence-corrected chi connectivity index (χ0v) is 11.5. The lowest BCUT2D eigenvalue weighted by molar-refractivity contribution is 0.851. The van der Waals surface area contributed by atoms with Crippen molar-refractivity contribution >= 4 is 10.8 Å². The summed E-state index contributed by atoms with van der Waals surface area (Å²) < 4.78 is 0. The molecular weight excluding hydrogens is 246 g/mol. The Morgan fingerprint density at radius 1 is 1.00 bits per heavy atom. The lowest BCUT2D eigenvalue weighted by Crippen LogP contribution is -2.14. The summed E-state index contributed by atoms with van der Waals surface area (Å²) in [6.07, 6.45) is 8.33. The Morgan fingerprint density at radius 3 is 2.65 bits per heavy atom. The van der Waals surface area contributed by atoms with Gasteiger partial charge in [0.15, 0.2) is 0 Å². The van der Waals surface area contributed by atoms with Crippen LogP contribution >= 0.6 is 0 Å². The van der Waals surface area contributed by atoms with Crippen LogP contribution in [-0.4, -0.2) is 9.97 Å². The Labute approximate surface area is 118 Å². The quantitative estimate of drug-likeness (QED) is 0.789. The van der Waals surface area contributed by atoms with Gasteiger partial charge in [0, 0.05) is 30.2 Å². The highest BCUT2D eigenvalue weighted by Gasteiger charge is 2.14. The van der Waals surface area contributed by atoms with Crippen molar-refractivity contribution in [2.24, 2.45) is 5.73 Å². The van der Waals surface area contributed by atoms with E-state index in [-0.39, 0.29) is 6.04 Å². The lowest BCUT2D eigenvalue weighted by atomic mass is 9.92. The molecule has 20 heavy (non-hydrogen) atoms. The molecule has 100 valence electrons. The molecule has 3 nitrogen and oxygen atoms in total. The van der Waals surface area contributed by atoms with Gasteiger partial charge in [-0.25, -0.2) is 0 Å². The number of nitrogens with two attached hydrogens (primary N) is 1. The largest absolute Gasteiger partial charge is 0.320 e. The summed E-state index contributed by atoms with van der Waals surface area (Å²) in [5.74, 6) is 0. The number of aromatic nitrogens is 2. The predicted molar refractivity (Wildman–Crippen MR) is 81.4 cm³/mol. The molecule has 2 N–H and O–H groups in total. The molecule has 0 saturated heterocycles. The molecule has 1 unspecified atom stereocenters. The number of fused-ring (bicyclic) bond motifs is 1. The minimum absolute atomic E-state index is 0.140. The molecule has 0 radical (unpaired) electrons. The fourth-order valence-electron chi connectivity index (χ4n) is 2.62. The van der Waals surface area contributed by atoms with Crippen LogP contribution in [0.4, 0.5) is 0 Å². The van der Waals surface area contributed by atoms with E-state index in [2.05, 4.69) is 29.0 Å². The number of benzene rings is 1. The van der Waals surface area contributed by atoms with Gasteiger partial charge in [0.25, 0.3) is 0 Å². The van der Waals surface area contributed by atoms with Crippen LogP contribution in [0.1, 0.15) is 29.7 Å². The van der Waals surface area contributed by atoms with Gasteiger partial charge in [0.1, 0.15) is 0 Å².